The topological polar surface area (TPSA) is 77.9 Å². The first kappa shape index (κ1) is 14.8. The van der Waals surface area contributed by atoms with Gasteiger partial charge in [-0.15, -0.1) is 0 Å². The number of hydrogen-bond acceptors (Lipinski definition) is 3. The molecule has 0 spiro atoms. The summed E-state index contributed by atoms with van der Waals surface area (Å²) in [5, 5.41) is 9.43. The summed E-state index contributed by atoms with van der Waals surface area (Å²) in [4.78, 5) is 38.4. The minimum atomic E-state index is -0.962. The molecule has 0 radical (unpaired) electrons. The van der Waals surface area contributed by atoms with E-state index < -0.39 is 17.4 Å². The third kappa shape index (κ3) is 2.78. The predicted molar refractivity (Wildman–Crippen MR) is 72.0 cm³/mol. The van der Waals surface area contributed by atoms with Crippen LogP contribution in [-0.4, -0.2) is 58.4 Å². The summed E-state index contributed by atoms with van der Waals surface area (Å²) in [6.07, 6.45) is 2.86. The fraction of sp³-hybridized carbons (Fsp3) is 0.786. The van der Waals surface area contributed by atoms with Crippen molar-refractivity contribution in [1.29, 1.82) is 0 Å². The van der Waals surface area contributed by atoms with E-state index in [0.29, 0.717) is 19.5 Å². The second kappa shape index (κ2) is 5.42. The number of amides is 2. The molecule has 112 valence electrons. The first-order chi connectivity index (χ1) is 9.33. The Hall–Kier alpha value is -1.59. The lowest BCUT2D eigenvalue weighted by Gasteiger charge is -2.44. The van der Waals surface area contributed by atoms with Gasteiger partial charge < -0.3 is 14.9 Å². The highest BCUT2D eigenvalue weighted by Crippen LogP contribution is 2.35. The first-order valence-electron chi connectivity index (χ1n) is 7.13. The number of piperidine rings is 1. The van der Waals surface area contributed by atoms with E-state index in [-0.39, 0.29) is 18.4 Å². The highest BCUT2D eigenvalue weighted by Gasteiger charge is 2.44. The third-order valence-corrected chi connectivity index (χ3v) is 4.32. The molecule has 2 saturated heterocycles. The monoisotopic (exact) mass is 282 g/mol. The van der Waals surface area contributed by atoms with Gasteiger partial charge in [0.25, 0.3) is 0 Å². The van der Waals surface area contributed by atoms with E-state index in [4.69, 9.17) is 0 Å². The molecule has 2 fully saturated rings. The minimum Gasteiger partial charge on any atom is -0.480 e. The summed E-state index contributed by atoms with van der Waals surface area (Å²) in [5.41, 5.74) is -0.436. The average molecular weight is 282 g/mol. The van der Waals surface area contributed by atoms with Crippen LogP contribution in [0.2, 0.25) is 0 Å². The van der Waals surface area contributed by atoms with E-state index in [9.17, 15) is 19.5 Å². The Balaban J connectivity index is 2.10. The lowest BCUT2D eigenvalue weighted by Crippen LogP contribution is -2.58. The van der Waals surface area contributed by atoms with Crippen LogP contribution in [0, 0.1) is 5.41 Å². The van der Waals surface area contributed by atoms with E-state index >= 15 is 0 Å². The number of carboxylic acid groups (broad SMARTS) is 1. The van der Waals surface area contributed by atoms with Crippen LogP contribution in [0.3, 0.4) is 0 Å². The second-order valence-corrected chi connectivity index (χ2v) is 6.34. The van der Waals surface area contributed by atoms with Crippen LogP contribution in [0.25, 0.3) is 0 Å². The van der Waals surface area contributed by atoms with Gasteiger partial charge in [-0.25, -0.2) is 4.79 Å². The van der Waals surface area contributed by atoms with Crippen molar-refractivity contribution in [3.8, 4) is 0 Å². The van der Waals surface area contributed by atoms with Crippen LogP contribution in [0.5, 0.6) is 0 Å². The molecule has 6 heteroatoms. The molecule has 2 aliphatic rings. The number of aliphatic carboxylic acids is 1. The third-order valence-electron chi connectivity index (χ3n) is 4.32. The smallest absolute Gasteiger partial charge is 0.326 e. The van der Waals surface area contributed by atoms with Crippen LogP contribution < -0.4 is 0 Å². The van der Waals surface area contributed by atoms with Crippen molar-refractivity contribution in [2.75, 3.05) is 19.6 Å². The molecule has 0 aliphatic carbocycles. The van der Waals surface area contributed by atoms with E-state index in [1.807, 2.05) is 13.8 Å². The quantitative estimate of drug-likeness (QED) is 0.827. The summed E-state index contributed by atoms with van der Waals surface area (Å²) >= 11 is 0. The van der Waals surface area contributed by atoms with Gasteiger partial charge in [0.05, 0.1) is 6.54 Å². The Morgan fingerprint density at radius 2 is 2.00 bits per heavy atom. The molecule has 20 heavy (non-hydrogen) atoms. The van der Waals surface area contributed by atoms with Gasteiger partial charge in [-0.1, -0.05) is 13.8 Å². The second-order valence-electron chi connectivity index (χ2n) is 6.34. The number of likely N-dealkylation sites (tertiary alicyclic amines) is 2. The van der Waals surface area contributed by atoms with Crippen molar-refractivity contribution in [2.45, 2.75) is 45.6 Å². The molecule has 1 unspecified atom stereocenters. The van der Waals surface area contributed by atoms with Crippen LogP contribution in [0.1, 0.15) is 39.5 Å². The highest BCUT2D eigenvalue weighted by molar-refractivity contribution is 5.89. The van der Waals surface area contributed by atoms with Crippen molar-refractivity contribution in [3.63, 3.8) is 0 Å². The maximum atomic E-state index is 12.4. The molecule has 2 amide bonds. The first-order valence-corrected chi connectivity index (χ1v) is 7.13. The largest absolute Gasteiger partial charge is 0.480 e. The zero-order chi connectivity index (χ0) is 14.9. The Morgan fingerprint density at radius 3 is 2.55 bits per heavy atom. The fourth-order valence-electron chi connectivity index (χ4n) is 3.25. The lowest BCUT2D eigenvalue weighted by atomic mass is 9.76. The van der Waals surface area contributed by atoms with Gasteiger partial charge in [0.2, 0.25) is 11.8 Å². The van der Waals surface area contributed by atoms with Gasteiger partial charge in [-0.05, 0) is 24.7 Å². The standard InChI is InChI=1S/C14H22N2O4/c1-14(2)6-4-8-16(12(14)13(19)20)11(18)9-15-7-3-5-10(15)17/h12H,3-9H2,1-2H3,(H,19,20). The lowest BCUT2D eigenvalue weighted by molar-refractivity contribution is -0.159. The molecule has 0 saturated carbocycles. The molecular formula is C14H22N2O4. The van der Waals surface area contributed by atoms with Gasteiger partial charge in [-0.2, -0.15) is 0 Å². The summed E-state index contributed by atoms with van der Waals surface area (Å²) in [7, 11) is 0. The van der Waals surface area contributed by atoms with Crippen molar-refractivity contribution in [3.05, 3.63) is 0 Å². The summed E-state index contributed by atoms with van der Waals surface area (Å²) in [5.74, 6) is -1.22. The maximum Gasteiger partial charge on any atom is 0.326 e. The fourth-order valence-corrected chi connectivity index (χ4v) is 3.25. The van der Waals surface area contributed by atoms with Crippen LogP contribution in [-0.2, 0) is 14.4 Å². The summed E-state index contributed by atoms with van der Waals surface area (Å²) < 4.78 is 0. The van der Waals surface area contributed by atoms with E-state index in [1.54, 1.807) is 0 Å². The molecule has 0 aromatic carbocycles. The van der Waals surface area contributed by atoms with Gasteiger partial charge in [0, 0.05) is 19.5 Å². The number of carbonyl (C=O) groups is 3. The number of hydrogen-bond donors (Lipinski definition) is 1. The van der Waals surface area contributed by atoms with Crippen molar-refractivity contribution in [2.24, 2.45) is 5.41 Å². The van der Waals surface area contributed by atoms with Gasteiger partial charge in [0.15, 0.2) is 0 Å². The number of carboxylic acids is 1. The van der Waals surface area contributed by atoms with Gasteiger partial charge in [-0.3, -0.25) is 9.59 Å². The molecular weight excluding hydrogens is 260 g/mol. The van der Waals surface area contributed by atoms with Crippen LogP contribution in [0.4, 0.5) is 0 Å². The highest BCUT2D eigenvalue weighted by atomic mass is 16.4. The van der Waals surface area contributed by atoms with Crippen LogP contribution in [0.15, 0.2) is 0 Å². The van der Waals surface area contributed by atoms with Crippen molar-refractivity contribution in [1.82, 2.24) is 9.80 Å². The van der Waals surface area contributed by atoms with Crippen molar-refractivity contribution < 1.29 is 19.5 Å². The normalized spacial score (nSPS) is 25.9. The maximum absolute atomic E-state index is 12.4. The molecule has 1 N–H and O–H groups in total. The molecule has 2 heterocycles. The average Bonchev–Trinajstić information content (AvgIpc) is 2.72. The van der Waals surface area contributed by atoms with E-state index in [1.165, 1.54) is 9.80 Å². The summed E-state index contributed by atoms with van der Waals surface area (Å²) in [6, 6.07) is -0.804. The number of rotatable bonds is 3. The molecule has 1 atom stereocenters. The van der Waals surface area contributed by atoms with Crippen molar-refractivity contribution >= 4 is 17.8 Å². The Kier molecular flexibility index (Phi) is 4.01. The van der Waals surface area contributed by atoms with Crippen LogP contribution >= 0.6 is 0 Å². The van der Waals surface area contributed by atoms with E-state index in [0.717, 1.165) is 19.3 Å². The Bertz CT molecular complexity index is 433. The molecule has 2 aliphatic heterocycles. The number of carbonyl (C=O) groups excluding carboxylic acids is 2. The molecule has 6 nitrogen and oxygen atoms in total. The summed E-state index contributed by atoms with van der Waals surface area (Å²) in [6.45, 7) is 4.83. The van der Waals surface area contributed by atoms with Gasteiger partial charge >= 0.3 is 5.97 Å². The molecule has 0 bridgehead atoms. The van der Waals surface area contributed by atoms with E-state index in [2.05, 4.69) is 0 Å². The SMILES string of the molecule is CC1(C)CCCN(C(=O)CN2CCCC2=O)C1C(=O)O. The molecule has 2 rings (SSSR count). The zero-order valence-electron chi connectivity index (χ0n) is 12.1. The predicted octanol–water partition coefficient (Wildman–Crippen LogP) is 0.711. The Morgan fingerprint density at radius 1 is 1.30 bits per heavy atom. The Labute approximate surface area is 118 Å². The number of nitrogens with zero attached hydrogens (tertiary/aromatic N) is 2. The molecule has 0 aromatic heterocycles. The molecule has 0 aromatic rings. The zero-order valence-corrected chi connectivity index (χ0v) is 12.1. The minimum absolute atomic E-state index is 0.0125. The van der Waals surface area contributed by atoms with Gasteiger partial charge in [0.1, 0.15) is 6.04 Å².